The van der Waals surface area contributed by atoms with Gasteiger partial charge in [0.25, 0.3) is 0 Å². The van der Waals surface area contributed by atoms with E-state index < -0.39 is 15.1 Å². The van der Waals surface area contributed by atoms with Crippen LogP contribution in [-0.4, -0.2) is 28.8 Å². The Labute approximate surface area is 107 Å². The van der Waals surface area contributed by atoms with Gasteiger partial charge in [-0.25, -0.2) is 8.42 Å². The lowest BCUT2D eigenvalue weighted by molar-refractivity contribution is 0.588. The topological polar surface area (TPSA) is 64.3 Å². The Kier molecular flexibility index (Phi) is 2.48. The summed E-state index contributed by atoms with van der Waals surface area (Å²) in [7, 11) is -3.05. The van der Waals surface area contributed by atoms with Gasteiger partial charge in [0.1, 0.15) is 5.25 Å². The Morgan fingerprint density at radius 2 is 2.24 bits per heavy atom. The Bertz CT molecular complexity index is 680. The molecule has 0 radical (unpaired) electrons. The van der Waals surface area contributed by atoms with Crippen molar-refractivity contribution in [3.63, 3.8) is 0 Å². The zero-order valence-electron chi connectivity index (χ0n) is 8.88. The number of hydrogen-bond donors (Lipinski definition) is 0. The van der Waals surface area contributed by atoms with Gasteiger partial charge in [-0.1, -0.05) is 15.9 Å². The summed E-state index contributed by atoms with van der Waals surface area (Å²) in [5, 5.41) is 7.53. The Balaban J connectivity index is 2.19. The van der Waals surface area contributed by atoms with E-state index in [1.54, 1.807) is 10.6 Å². The number of fused-ring (bicyclic) bond motifs is 1. The van der Waals surface area contributed by atoms with Crippen molar-refractivity contribution < 1.29 is 8.42 Å². The van der Waals surface area contributed by atoms with Crippen LogP contribution in [0.1, 0.15) is 23.9 Å². The molecule has 3 heterocycles. The molecule has 2 aromatic rings. The van der Waals surface area contributed by atoms with Crippen molar-refractivity contribution in [1.82, 2.24) is 14.6 Å². The van der Waals surface area contributed by atoms with Crippen LogP contribution >= 0.6 is 15.9 Å². The minimum absolute atomic E-state index is 0.253. The van der Waals surface area contributed by atoms with Gasteiger partial charge in [0, 0.05) is 10.7 Å². The fourth-order valence-corrected chi connectivity index (χ4v) is 4.37. The molecule has 5 nitrogen and oxygen atoms in total. The predicted molar refractivity (Wildman–Crippen MR) is 66.4 cm³/mol. The molecule has 0 N–H and O–H groups in total. The minimum Gasteiger partial charge on any atom is -0.285 e. The molecule has 1 saturated heterocycles. The predicted octanol–water partition coefficient (Wildman–Crippen LogP) is 1.74. The van der Waals surface area contributed by atoms with Gasteiger partial charge in [0.05, 0.1) is 5.75 Å². The zero-order chi connectivity index (χ0) is 12.0. The highest BCUT2D eigenvalue weighted by molar-refractivity contribution is 9.10. The van der Waals surface area contributed by atoms with E-state index in [4.69, 9.17) is 0 Å². The van der Waals surface area contributed by atoms with Crippen LogP contribution in [0.5, 0.6) is 0 Å². The van der Waals surface area contributed by atoms with Crippen molar-refractivity contribution >= 4 is 31.4 Å². The molecule has 0 aliphatic carbocycles. The van der Waals surface area contributed by atoms with E-state index in [1.165, 1.54) is 0 Å². The molecule has 2 aromatic heterocycles. The number of aromatic nitrogens is 3. The van der Waals surface area contributed by atoms with E-state index in [0.29, 0.717) is 24.3 Å². The Morgan fingerprint density at radius 3 is 2.94 bits per heavy atom. The average molecular weight is 316 g/mol. The molecular formula is C10H10BrN3O2S. The van der Waals surface area contributed by atoms with Crippen LogP contribution in [0.4, 0.5) is 0 Å². The van der Waals surface area contributed by atoms with Crippen LogP contribution in [-0.2, 0) is 9.84 Å². The molecular weight excluding hydrogens is 306 g/mol. The summed E-state index contributed by atoms with van der Waals surface area (Å²) >= 11 is 3.35. The second-order valence-corrected chi connectivity index (χ2v) is 7.35. The Morgan fingerprint density at radius 1 is 1.41 bits per heavy atom. The molecule has 1 aliphatic heterocycles. The third-order valence-electron chi connectivity index (χ3n) is 3.02. The van der Waals surface area contributed by atoms with Gasteiger partial charge in [-0.15, -0.1) is 10.2 Å². The van der Waals surface area contributed by atoms with Gasteiger partial charge in [-0.3, -0.25) is 4.40 Å². The van der Waals surface area contributed by atoms with Crippen molar-refractivity contribution in [2.45, 2.75) is 18.1 Å². The molecule has 0 aromatic carbocycles. The van der Waals surface area contributed by atoms with E-state index in [0.717, 1.165) is 4.47 Å². The van der Waals surface area contributed by atoms with Gasteiger partial charge in [0.2, 0.25) is 0 Å². The summed E-state index contributed by atoms with van der Waals surface area (Å²) in [6, 6.07) is 3.67. The summed E-state index contributed by atoms with van der Waals surface area (Å²) in [4.78, 5) is 0. The third kappa shape index (κ3) is 1.77. The lowest BCUT2D eigenvalue weighted by Crippen LogP contribution is -2.11. The molecule has 0 amide bonds. The van der Waals surface area contributed by atoms with Gasteiger partial charge >= 0.3 is 0 Å². The van der Waals surface area contributed by atoms with Crippen LogP contribution in [0, 0.1) is 0 Å². The molecule has 1 aliphatic rings. The van der Waals surface area contributed by atoms with E-state index in [1.807, 2.05) is 12.1 Å². The molecule has 1 unspecified atom stereocenters. The normalized spacial score (nSPS) is 23.2. The number of halogens is 1. The van der Waals surface area contributed by atoms with E-state index >= 15 is 0 Å². The lowest BCUT2D eigenvalue weighted by atomic mass is 10.2. The number of hydrogen-bond acceptors (Lipinski definition) is 4. The monoisotopic (exact) mass is 315 g/mol. The largest absolute Gasteiger partial charge is 0.285 e. The molecule has 0 saturated carbocycles. The van der Waals surface area contributed by atoms with Crippen molar-refractivity contribution in [1.29, 1.82) is 0 Å². The van der Waals surface area contributed by atoms with Gasteiger partial charge in [-0.2, -0.15) is 0 Å². The lowest BCUT2D eigenvalue weighted by Gasteiger charge is -2.06. The molecule has 1 fully saturated rings. The van der Waals surface area contributed by atoms with Gasteiger partial charge < -0.3 is 0 Å². The number of pyridine rings is 1. The average Bonchev–Trinajstić information content (AvgIpc) is 2.80. The number of sulfone groups is 1. The van der Waals surface area contributed by atoms with Crippen LogP contribution in [0.3, 0.4) is 0 Å². The standard InChI is InChI=1S/C10H10BrN3O2S/c11-7-3-4-14-9(6-7)12-13-10(14)8-2-1-5-17(8,15)16/h3-4,6,8H,1-2,5H2. The maximum Gasteiger partial charge on any atom is 0.161 e. The summed E-state index contributed by atoms with van der Waals surface area (Å²) in [5.41, 5.74) is 0.663. The first kappa shape index (κ1) is 11.2. The van der Waals surface area contributed by atoms with Crippen molar-refractivity contribution in [3.8, 4) is 0 Å². The van der Waals surface area contributed by atoms with Crippen molar-refractivity contribution in [2.24, 2.45) is 0 Å². The highest BCUT2D eigenvalue weighted by Crippen LogP contribution is 2.33. The fourth-order valence-electron chi connectivity index (χ4n) is 2.19. The molecule has 90 valence electrons. The zero-order valence-corrected chi connectivity index (χ0v) is 11.3. The maximum absolute atomic E-state index is 11.9. The second kappa shape index (κ2) is 3.78. The molecule has 0 bridgehead atoms. The van der Waals surface area contributed by atoms with Crippen LogP contribution in [0.25, 0.3) is 5.65 Å². The summed E-state index contributed by atoms with van der Waals surface area (Å²) < 4.78 is 26.4. The molecule has 3 rings (SSSR count). The first-order chi connectivity index (χ1) is 8.08. The van der Waals surface area contributed by atoms with Crippen LogP contribution in [0.15, 0.2) is 22.8 Å². The molecule has 17 heavy (non-hydrogen) atoms. The van der Waals surface area contributed by atoms with E-state index in [2.05, 4.69) is 26.1 Å². The minimum atomic E-state index is -3.05. The second-order valence-electron chi connectivity index (χ2n) is 4.13. The molecule has 7 heteroatoms. The Hall–Kier alpha value is -0.950. The fraction of sp³-hybridized carbons (Fsp3) is 0.400. The maximum atomic E-state index is 11.9. The van der Waals surface area contributed by atoms with Gasteiger partial charge in [-0.05, 0) is 25.0 Å². The summed E-state index contributed by atoms with van der Waals surface area (Å²) in [6.07, 6.45) is 3.14. The SMILES string of the molecule is O=S1(=O)CCCC1c1nnc2cc(Br)ccn12. The number of nitrogens with zero attached hydrogens (tertiary/aromatic N) is 3. The van der Waals surface area contributed by atoms with Crippen LogP contribution < -0.4 is 0 Å². The highest BCUT2D eigenvalue weighted by atomic mass is 79.9. The third-order valence-corrected chi connectivity index (χ3v) is 5.68. The van der Waals surface area contributed by atoms with Crippen molar-refractivity contribution in [3.05, 3.63) is 28.6 Å². The van der Waals surface area contributed by atoms with Crippen molar-refractivity contribution in [2.75, 3.05) is 5.75 Å². The first-order valence-electron chi connectivity index (χ1n) is 5.30. The van der Waals surface area contributed by atoms with E-state index in [9.17, 15) is 8.42 Å². The van der Waals surface area contributed by atoms with Crippen LogP contribution in [0.2, 0.25) is 0 Å². The smallest absolute Gasteiger partial charge is 0.161 e. The number of rotatable bonds is 1. The van der Waals surface area contributed by atoms with E-state index in [-0.39, 0.29) is 5.75 Å². The quantitative estimate of drug-likeness (QED) is 0.804. The highest BCUT2D eigenvalue weighted by Gasteiger charge is 2.36. The molecule has 0 spiro atoms. The first-order valence-corrected chi connectivity index (χ1v) is 7.80. The summed E-state index contributed by atoms with van der Waals surface area (Å²) in [6.45, 7) is 0. The molecule has 1 atom stereocenters. The van der Waals surface area contributed by atoms with Gasteiger partial charge in [0.15, 0.2) is 21.3 Å². The summed E-state index contributed by atoms with van der Waals surface area (Å²) in [5.74, 6) is 0.785.